The summed E-state index contributed by atoms with van der Waals surface area (Å²) in [6.07, 6.45) is 1.93. The number of esters is 2. The number of hydrogen-bond acceptors (Lipinski definition) is 6. The number of para-hydroxylation sites is 2. The van der Waals surface area contributed by atoms with Gasteiger partial charge in [0.25, 0.3) is 0 Å². The van der Waals surface area contributed by atoms with E-state index >= 15 is 0 Å². The van der Waals surface area contributed by atoms with Crippen molar-refractivity contribution >= 4 is 55.3 Å². The van der Waals surface area contributed by atoms with Gasteiger partial charge in [-0.05, 0) is 87.3 Å². The molecule has 0 spiro atoms. The highest BCUT2D eigenvalue weighted by Gasteiger charge is 2.54. The van der Waals surface area contributed by atoms with Crippen LogP contribution in [-0.4, -0.2) is 36.1 Å². The van der Waals surface area contributed by atoms with E-state index in [0.29, 0.717) is 19.3 Å². The van der Waals surface area contributed by atoms with Crippen LogP contribution in [0.2, 0.25) is 0 Å². The number of fused-ring (bicyclic) bond motifs is 12. The fourth-order valence-electron chi connectivity index (χ4n) is 9.93. The topological polar surface area (TPSA) is 78.4 Å². The number of ether oxygens (including phenoxy) is 2. The Balaban J connectivity index is 1.34. The molecule has 2 aliphatic carbocycles. The van der Waals surface area contributed by atoms with Gasteiger partial charge >= 0.3 is 11.9 Å². The number of carbonyl (C=O) groups is 2. The zero-order chi connectivity index (χ0) is 37.3. The molecule has 8 aromatic rings. The number of aromatic nitrogens is 2. The molecule has 2 unspecified atom stereocenters. The third kappa shape index (κ3) is 4.94. The van der Waals surface area contributed by atoms with Crippen LogP contribution < -0.4 is 0 Å². The van der Waals surface area contributed by atoms with E-state index in [1.807, 2.05) is 24.3 Å². The highest BCUT2D eigenvalue weighted by molar-refractivity contribution is 6.05. The molecule has 2 heterocycles. The largest absolute Gasteiger partial charge is 0.469 e. The van der Waals surface area contributed by atoms with Crippen LogP contribution in [0.4, 0.5) is 0 Å². The summed E-state index contributed by atoms with van der Waals surface area (Å²) in [5.41, 5.74) is 8.92. The zero-order valence-electron chi connectivity index (χ0n) is 30.8. The Morgan fingerprint density at radius 3 is 1.33 bits per heavy atom. The monoisotopic (exact) mass is 718 g/mol. The van der Waals surface area contributed by atoms with Gasteiger partial charge in [-0.3, -0.25) is 9.59 Å². The molecule has 6 heteroatoms. The van der Waals surface area contributed by atoms with E-state index in [-0.39, 0.29) is 24.8 Å². The van der Waals surface area contributed by atoms with Gasteiger partial charge in [0.2, 0.25) is 0 Å². The molecule has 268 valence electrons. The van der Waals surface area contributed by atoms with Gasteiger partial charge in [0, 0.05) is 45.6 Å². The summed E-state index contributed by atoms with van der Waals surface area (Å²) in [4.78, 5) is 37.5. The molecule has 0 saturated heterocycles. The van der Waals surface area contributed by atoms with Gasteiger partial charge in [0.15, 0.2) is 0 Å². The Labute approximate surface area is 318 Å². The molecule has 0 radical (unpaired) electrons. The van der Waals surface area contributed by atoms with E-state index < -0.39 is 10.8 Å². The van der Waals surface area contributed by atoms with Crippen molar-refractivity contribution < 1.29 is 19.1 Å². The van der Waals surface area contributed by atoms with Crippen LogP contribution in [-0.2, 0) is 29.9 Å². The lowest BCUT2D eigenvalue weighted by atomic mass is 9.59. The predicted octanol–water partition coefficient (Wildman–Crippen LogP) is 10.6. The molecule has 10 rings (SSSR count). The maximum Gasteiger partial charge on any atom is 0.305 e. The molecule has 0 fully saturated rings. The quantitative estimate of drug-likeness (QED) is 0.146. The molecule has 0 amide bonds. The van der Waals surface area contributed by atoms with E-state index in [4.69, 9.17) is 19.4 Å². The summed E-state index contributed by atoms with van der Waals surface area (Å²) in [6.45, 7) is 0. The summed E-state index contributed by atoms with van der Waals surface area (Å²) in [5.74, 6) is -0.531. The van der Waals surface area contributed by atoms with Crippen LogP contribution in [0.3, 0.4) is 0 Å². The van der Waals surface area contributed by atoms with E-state index in [2.05, 4.69) is 109 Å². The second-order valence-corrected chi connectivity index (χ2v) is 15.1. The van der Waals surface area contributed by atoms with Crippen molar-refractivity contribution in [3.8, 4) is 22.5 Å². The molecule has 2 atom stereocenters. The fraction of sp³-hybridized carbons (Fsp3) is 0.184. The normalized spacial score (nSPS) is 17.9. The minimum atomic E-state index is -0.716. The summed E-state index contributed by atoms with van der Waals surface area (Å²) < 4.78 is 10.7. The van der Waals surface area contributed by atoms with Crippen LogP contribution >= 0.6 is 0 Å². The first-order chi connectivity index (χ1) is 26.9. The number of benzene rings is 6. The summed E-state index contributed by atoms with van der Waals surface area (Å²) in [5, 5.41) is 6.58. The number of pyridine rings is 2. The molecule has 0 saturated carbocycles. The van der Waals surface area contributed by atoms with Gasteiger partial charge in [0.1, 0.15) is 0 Å². The van der Waals surface area contributed by atoms with Gasteiger partial charge in [-0.1, -0.05) is 109 Å². The van der Waals surface area contributed by atoms with Crippen molar-refractivity contribution in [1.82, 2.24) is 9.97 Å². The van der Waals surface area contributed by atoms with Gasteiger partial charge in [0.05, 0.1) is 36.6 Å². The van der Waals surface area contributed by atoms with Crippen LogP contribution in [0.15, 0.2) is 133 Å². The van der Waals surface area contributed by atoms with Crippen molar-refractivity contribution in [1.29, 1.82) is 0 Å². The third-order valence-electron chi connectivity index (χ3n) is 12.4. The third-order valence-corrected chi connectivity index (χ3v) is 12.4. The average molecular weight is 719 g/mol. The first-order valence-corrected chi connectivity index (χ1v) is 18.9. The average Bonchev–Trinajstić information content (AvgIpc) is 3.65. The molecule has 2 aliphatic rings. The van der Waals surface area contributed by atoms with Crippen LogP contribution in [0.5, 0.6) is 0 Å². The van der Waals surface area contributed by atoms with E-state index in [1.165, 1.54) is 14.2 Å². The van der Waals surface area contributed by atoms with Gasteiger partial charge in [-0.15, -0.1) is 0 Å². The molecule has 2 aromatic heterocycles. The SMILES string of the molecule is COC(=O)CCC1(CC2(CCC(=O)OC)c3cc4ccccc4nc3-c3c2ccc2ccccc32)c2cc3ccccc3nc2-c2c1ccc1ccccc21. The number of nitrogens with zero attached hydrogens (tertiary/aromatic N) is 2. The second-order valence-electron chi connectivity index (χ2n) is 15.1. The second kappa shape index (κ2) is 12.6. The first kappa shape index (κ1) is 33.2. The lowest BCUT2D eigenvalue weighted by molar-refractivity contribution is -0.141. The molecule has 0 bridgehead atoms. The smallest absolute Gasteiger partial charge is 0.305 e. The minimum Gasteiger partial charge on any atom is -0.469 e. The van der Waals surface area contributed by atoms with Crippen LogP contribution in [0.1, 0.15) is 54.4 Å². The minimum absolute atomic E-state index is 0.204. The summed E-state index contributed by atoms with van der Waals surface area (Å²) >= 11 is 0. The molecule has 55 heavy (non-hydrogen) atoms. The lowest BCUT2D eigenvalue weighted by Crippen LogP contribution is -2.39. The standard InChI is InChI=1S/C49H38N2O4/c1-54-42(52)23-25-48(36-21-19-30-11-3-7-15-34(30)44(36)46-38(48)27-32-13-5-9-17-40(32)50-46)29-49(26-24-43(53)55-2)37-22-20-31-12-4-8-16-35(31)45(37)47-39(49)28-33-14-6-10-18-41(33)51-47/h3-22,27-28H,23-26,29H2,1-2H3. The Morgan fingerprint density at radius 2 is 0.891 bits per heavy atom. The molecule has 6 nitrogen and oxygen atoms in total. The first-order valence-electron chi connectivity index (χ1n) is 18.9. The Bertz CT molecular complexity index is 2700. The number of methoxy groups -OCH3 is 2. The van der Waals surface area contributed by atoms with E-state index in [9.17, 15) is 9.59 Å². The molecular formula is C49H38N2O4. The zero-order valence-corrected chi connectivity index (χ0v) is 30.8. The Hall–Kier alpha value is -6.40. The number of hydrogen-bond donors (Lipinski definition) is 0. The Morgan fingerprint density at radius 1 is 0.491 bits per heavy atom. The van der Waals surface area contributed by atoms with E-state index in [0.717, 1.165) is 88.1 Å². The van der Waals surface area contributed by atoms with Gasteiger partial charge < -0.3 is 9.47 Å². The van der Waals surface area contributed by atoms with Crippen molar-refractivity contribution in [2.24, 2.45) is 0 Å². The van der Waals surface area contributed by atoms with Crippen molar-refractivity contribution in [2.45, 2.75) is 42.9 Å². The Kier molecular flexibility index (Phi) is 7.60. The number of rotatable bonds is 8. The van der Waals surface area contributed by atoms with Crippen LogP contribution in [0, 0.1) is 0 Å². The van der Waals surface area contributed by atoms with E-state index in [1.54, 1.807) is 0 Å². The highest BCUT2D eigenvalue weighted by atomic mass is 16.5. The maximum atomic E-state index is 13.3. The number of carbonyl (C=O) groups excluding carboxylic acids is 2. The molecule has 0 aliphatic heterocycles. The van der Waals surface area contributed by atoms with Crippen molar-refractivity contribution in [3.63, 3.8) is 0 Å². The summed E-state index contributed by atoms with van der Waals surface area (Å²) in [7, 11) is 2.91. The summed E-state index contributed by atoms with van der Waals surface area (Å²) in [6, 6.07) is 47.0. The predicted molar refractivity (Wildman–Crippen MR) is 218 cm³/mol. The van der Waals surface area contributed by atoms with Gasteiger partial charge in [-0.2, -0.15) is 0 Å². The highest BCUT2D eigenvalue weighted by Crippen LogP contribution is 2.63. The maximum absolute atomic E-state index is 13.3. The molecule has 6 aromatic carbocycles. The van der Waals surface area contributed by atoms with Crippen molar-refractivity contribution in [3.05, 3.63) is 156 Å². The van der Waals surface area contributed by atoms with Gasteiger partial charge in [-0.25, -0.2) is 9.97 Å². The lowest BCUT2D eigenvalue weighted by Gasteiger charge is -2.42. The van der Waals surface area contributed by atoms with Crippen molar-refractivity contribution in [2.75, 3.05) is 14.2 Å². The fourth-order valence-corrected chi connectivity index (χ4v) is 9.93. The molecular weight excluding hydrogens is 681 g/mol. The van der Waals surface area contributed by atoms with Crippen LogP contribution in [0.25, 0.3) is 65.9 Å². The molecule has 0 N–H and O–H groups in total.